The van der Waals surface area contributed by atoms with Gasteiger partial charge in [0.25, 0.3) is 0 Å². The largest absolute Gasteiger partial charge is 0.388 e. The summed E-state index contributed by atoms with van der Waals surface area (Å²) >= 11 is 0. The highest BCUT2D eigenvalue weighted by atomic mass is 19.1. The minimum absolute atomic E-state index is 0.209. The third-order valence-electron chi connectivity index (χ3n) is 3.51. The van der Waals surface area contributed by atoms with Crippen LogP contribution in [-0.4, -0.2) is 5.11 Å². The number of benzene rings is 1. The summed E-state index contributed by atoms with van der Waals surface area (Å²) in [6, 6.07) is 5.00. The van der Waals surface area contributed by atoms with Gasteiger partial charge in [0.15, 0.2) is 0 Å². The normalized spacial score (nSPS) is 25.0. The molecule has 0 bridgehead atoms. The Balaban J connectivity index is 2.20. The van der Waals surface area contributed by atoms with Gasteiger partial charge in [-0.25, -0.2) is 4.39 Å². The van der Waals surface area contributed by atoms with Crippen molar-refractivity contribution in [1.29, 1.82) is 0 Å². The first kappa shape index (κ1) is 10.6. The number of rotatable bonds is 2. The van der Waals surface area contributed by atoms with Crippen LogP contribution in [-0.2, 0) is 0 Å². The molecule has 1 aliphatic carbocycles. The van der Waals surface area contributed by atoms with Crippen molar-refractivity contribution < 1.29 is 9.50 Å². The SMILES string of the molecule is Cc1ccc(C(O)C2CC2(C)C)cc1F. The standard InChI is InChI=1S/C13H17FO/c1-8-4-5-9(6-11(8)14)12(15)10-7-13(10,2)3/h4-6,10,12,15H,7H2,1-3H3. The molecule has 0 amide bonds. The van der Waals surface area contributed by atoms with Crippen molar-refractivity contribution in [2.24, 2.45) is 11.3 Å². The van der Waals surface area contributed by atoms with E-state index in [1.165, 1.54) is 6.07 Å². The number of aliphatic hydroxyl groups is 1. The van der Waals surface area contributed by atoms with Gasteiger partial charge in [-0.05, 0) is 41.9 Å². The van der Waals surface area contributed by atoms with E-state index in [0.29, 0.717) is 11.1 Å². The zero-order valence-corrected chi connectivity index (χ0v) is 9.42. The summed E-state index contributed by atoms with van der Waals surface area (Å²) in [6.45, 7) is 5.99. The fourth-order valence-electron chi connectivity index (χ4n) is 2.07. The Morgan fingerprint density at radius 1 is 1.47 bits per heavy atom. The van der Waals surface area contributed by atoms with E-state index in [0.717, 1.165) is 6.42 Å². The molecule has 0 aromatic heterocycles. The summed E-state index contributed by atoms with van der Waals surface area (Å²) in [5.41, 5.74) is 1.54. The molecule has 1 aromatic carbocycles. The molecule has 15 heavy (non-hydrogen) atoms. The molecule has 0 heterocycles. The minimum Gasteiger partial charge on any atom is -0.388 e. The summed E-state index contributed by atoms with van der Waals surface area (Å²) in [5, 5.41) is 10.0. The maximum atomic E-state index is 13.3. The van der Waals surface area contributed by atoms with Crippen molar-refractivity contribution in [3.8, 4) is 0 Å². The summed E-state index contributed by atoms with van der Waals surface area (Å²) < 4.78 is 13.3. The number of aryl methyl sites for hydroxylation is 1. The molecule has 2 atom stereocenters. The first-order chi connectivity index (χ1) is 6.92. The Hall–Kier alpha value is -0.890. The van der Waals surface area contributed by atoms with Crippen molar-refractivity contribution in [3.05, 3.63) is 35.1 Å². The molecule has 2 heteroatoms. The second-order valence-electron chi connectivity index (χ2n) is 5.25. The van der Waals surface area contributed by atoms with Gasteiger partial charge in [0.05, 0.1) is 6.10 Å². The summed E-state index contributed by atoms with van der Waals surface area (Å²) in [4.78, 5) is 0. The Morgan fingerprint density at radius 2 is 2.07 bits per heavy atom. The van der Waals surface area contributed by atoms with Crippen molar-refractivity contribution in [2.45, 2.75) is 33.3 Å². The van der Waals surface area contributed by atoms with Gasteiger partial charge >= 0.3 is 0 Å². The first-order valence-electron chi connectivity index (χ1n) is 5.36. The van der Waals surface area contributed by atoms with Crippen LogP contribution in [0.4, 0.5) is 4.39 Å². The van der Waals surface area contributed by atoms with E-state index in [2.05, 4.69) is 13.8 Å². The Labute approximate surface area is 89.9 Å². The highest BCUT2D eigenvalue weighted by Crippen LogP contribution is 2.57. The zero-order chi connectivity index (χ0) is 11.2. The highest BCUT2D eigenvalue weighted by molar-refractivity contribution is 5.26. The van der Waals surface area contributed by atoms with Crippen LogP contribution in [0.15, 0.2) is 18.2 Å². The molecular formula is C13H17FO. The third-order valence-corrected chi connectivity index (χ3v) is 3.51. The second kappa shape index (κ2) is 3.31. The molecule has 0 spiro atoms. The van der Waals surface area contributed by atoms with Crippen LogP contribution in [0.5, 0.6) is 0 Å². The van der Waals surface area contributed by atoms with Gasteiger partial charge in [-0.2, -0.15) is 0 Å². The van der Waals surface area contributed by atoms with Gasteiger partial charge in [-0.1, -0.05) is 26.0 Å². The van der Waals surface area contributed by atoms with Gasteiger partial charge in [0.1, 0.15) is 5.82 Å². The maximum absolute atomic E-state index is 13.3. The molecule has 2 rings (SSSR count). The Bertz CT molecular complexity index is 384. The van der Waals surface area contributed by atoms with Gasteiger partial charge in [-0.3, -0.25) is 0 Å². The lowest BCUT2D eigenvalue weighted by atomic mass is 9.99. The molecule has 1 N–H and O–H groups in total. The van der Waals surface area contributed by atoms with E-state index in [-0.39, 0.29) is 17.2 Å². The monoisotopic (exact) mass is 208 g/mol. The third kappa shape index (κ3) is 1.91. The van der Waals surface area contributed by atoms with Crippen molar-refractivity contribution in [2.75, 3.05) is 0 Å². The van der Waals surface area contributed by atoms with E-state index in [4.69, 9.17) is 0 Å². The quantitative estimate of drug-likeness (QED) is 0.791. The van der Waals surface area contributed by atoms with Crippen LogP contribution in [0.2, 0.25) is 0 Å². The van der Waals surface area contributed by atoms with Crippen molar-refractivity contribution in [3.63, 3.8) is 0 Å². The highest BCUT2D eigenvalue weighted by Gasteiger charge is 2.50. The lowest BCUT2D eigenvalue weighted by molar-refractivity contribution is 0.138. The van der Waals surface area contributed by atoms with Crippen LogP contribution < -0.4 is 0 Å². The molecule has 0 aliphatic heterocycles. The molecule has 82 valence electrons. The zero-order valence-electron chi connectivity index (χ0n) is 9.42. The second-order valence-corrected chi connectivity index (χ2v) is 5.25. The van der Waals surface area contributed by atoms with E-state index < -0.39 is 6.10 Å². The average molecular weight is 208 g/mol. The topological polar surface area (TPSA) is 20.2 Å². The fraction of sp³-hybridized carbons (Fsp3) is 0.538. The predicted molar refractivity (Wildman–Crippen MR) is 58.0 cm³/mol. The van der Waals surface area contributed by atoms with Crippen molar-refractivity contribution in [1.82, 2.24) is 0 Å². The van der Waals surface area contributed by atoms with Gasteiger partial charge in [-0.15, -0.1) is 0 Å². The molecule has 0 radical (unpaired) electrons. The molecule has 1 fully saturated rings. The molecule has 1 aromatic rings. The number of aliphatic hydroxyl groups excluding tert-OH is 1. The molecular weight excluding hydrogens is 191 g/mol. The smallest absolute Gasteiger partial charge is 0.126 e. The fourth-order valence-corrected chi connectivity index (χ4v) is 2.07. The lowest BCUT2D eigenvalue weighted by Gasteiger charge is -2.13. The average Bonchev–Trinajstić information content (AvgIpc) is 2.79. The van der Waals surface area contributed by atoms with Gasteiger partial charge in [0.2, 0.25) is 0 Å². The van der Waals surface area contributed by atoms with E-state index in [1.807, 2.05) is 6.07 Å². The van der Waals surface area contributed by atoms with E-state index >= 15 is 0 Å². The summed E-state index contributed by atoms with van der Waals surface area (Å²) in [5.74, 6) is 0.0459. The first-order valence-corrected chi connectivity index (χ1v) is 5.36. The Kier molecular flexibility index (Phi) is 2.34. The Morgan fingerprint density at radius 3 is 2.53 bits per heavy atom. The van der Waals surface area contributed by atoms with E-state index in [9.17, 15) is 9.50 Å². The lowest BCUT2D eigenvalue weighted by Crippen LogP contribution is -2.05. The number of halogens is 1. The molecule has 1 aliphatic rings. The van der Waals surface area contributed by atoms with E-state index in [1.54, 1.807) is 13.0 Å². The summed E-state index contributed by atoms with van der Waals surface area (Å²) in [6.07, 6.45) is 0.499. The van der Waals surface area contributed by atoms with Crippen LogP contribution in [0.1, 0.15) is 37.5 Å². The van der Waals surface area contributed by atoms with Gasteiger partial charge < -0.3 is 5.11 Å². The van der Waals surface area contributed by atoms with Crippen LogP contribution in [0.3, 0.4) is 0 Å². The molecule has 2 unspecified atom stereocenters. The molecule has 0 saturated heterocycles. The minimum atomic E-state index is -0.518. The molecule has 1 nitrogen and oxygen atoms in total. The van der Waals surface area contributed by atoms with Crippen molar-refractivity contribution >= 4 is 0 Å². The predicted octanol–water partition coefficient (Wildman–Crippen LogP) is 3.21. The van der Waals surface area contributed by atoms with Crippen LogP contribution in [0.25, 0.3) is 0 Å². The van der Waals surface area contributed by atoms with Crippen LogP contribution in [0, 0.1) is 24.1 Å². The maximum Gasteiger partial charge on any atom is 0.126 e. The number of hydrogen-bond acceptors (Lipinski definition) is 1. The molecule has 1 saturated carbocycles. The van der Waals surface area contributed by atoms with Gasteiger partial charge in [0, 0.05) is 0 Å². The number of hydrogen-bond donors (Lipinski definition) is 1. The summed E-state index contributed by atoms with van der Waals surface area (Å²) in [7, 11) is 0. The van der Waals surface area contributed by atoms with Crippen LogP contribution >= 0.6 is 0 Å².